The molecule has 1 aromatic rings. The molecule has 6 nitrogen and oxygen atoms in total. The standard InChI is InChI=1S/C21H26N2O4S2/c1-14(19(25)22-11-6-5-8-16(22)10-12-24)23-20(26)18(29-21(23)28)13-15-7-3-4-9-17(15)27-2/h3-4,7,9,13-14,16,24H,5-6,8,10-12H2,1-2H3/b18-13-/t14-,16+/m1/s1. The highest BCUT2D eigenvalue weighted by Crippen LogP contribution is 2.36. The number of thioether (sulfide) groups is 1. The molecule has 2 saturated heterocycles. The van der Waals surface area contributed by atoms with Crippen LogP contribution in [0.2, 0.25) is 0 Å². The first-order valence-electron chi connectivity index (χ1n) is 9.79. The summed E-state index contributed by atoms with van der Waals surface area (Å²) >= 11 is 6.64. The Morgan fingerprint density at radius 1 is 1.41 bits per heavy atom. The van der Waals surface area contributed by atoms with Crippen LogP contribution in [-0.2, 0) is 9.59 Å². The van der Waals surface area contributed by atoms with E-state index < -0.39 is 6.04 Å². The van der Waals surface area contributed by atoms with Gasteiger partial charge < -0.3 is 14.7 Å². The highest BCUT2D eigenvalue weighted by molar-refractivity contribution is 8.26. The lowest BCUT2D eigenvalue weighted by atomic mass is 9.98. The first-order chi connectivity index (χ1) is 14.0. The largest absolute Gasteiger partial charge is 0.496 e. The third-order valence-electron chi connectivity index (χ3n) is 5.37. The second-order valence-corrected chi connectivity index (χ2v) is 8.84. The number of nitrogens with zero attached hydrogens (tertiary/aromatic N) is 2. The molecule has 0 unspecified atom stereocenters. The monoisotopic (exact) mass is 434 g/mol. The molecule has 0 radical (unpaired) electrons. The van der Waals surface area contributed by atoms with E-state index in [1.165, 1.54) is 16.7 Å². The fourth-order valence-corrected chi connectivity index (χ4v) is 5.24. The minimum absolute atomic E-state index is 0.0197. The summed E-state index contributed by atoms with van der Waals surface area (Å²) < 4.78 is 5.73. The van der Waals surface area contributed by atoms with Gasteiger partial charge in [0.05, 0.1) is 12.0 Å². The van der Waals surface area contributed by atoms with Gasteiger partial charge in [-0.3, -0.25) is 14.5 Å². The van der Waals surface area contributed by atoms with Gasteiger partial charge in [-0.2, -0.15) is 0 Å². The number of piperidine rings is 1. The van der Waals surface area contributed by atoms with Crippen molar-refractivity contribution in [2.75, 3.05) is 20.3 Å². The molecule has 0 bridgehead atoms. The normalized spacial score (nSPS) is 22.3. The molecule has 3 rings (SSSR count). The summed E-state index contributed by atoms with van der Waals surface area (Å²) in [5, 5.41) is 9.33. The number of para-hydroxylation sites is 1. The van der Waals surface area contributed by atoms with Gasteiger partial charge >= 0.3 is 0 Å². The van der Waals surface area contributed by atoms with Crippen LogP contribution in [0.15, 0.2) is 29.2 Å². The Kier molecular flexibility index (Phi) is 7.32. The van der Waals surface area contributed by atoms with E-state index in [0.29, 0.717) is 27.9 Å². The molecule has 0 aromatic heterocycles. The van der Waals surface area contributed by atoms with Gasteiger partial charge in [-0.25, -0.2) is 0 Å². The van der Waals surface area contributed by atoms with Gasteiger partial charge in [-0.15, -0.1) is 0 Å². The molecule has 2 atom stereocenters. The Hall–Kier alpha value is -1.90. The summed E-state index contributed by atoms with van der Waals surface area (Å²) in [5.41, 5.74) is 0.786. The third-order valence-corrected chi connectivity index (χ3v) is 6.70. The summed E-state index contributed by atoms with van der Waals surface area (Å²) in [6, 6.07) is 6.78. The topological polar surface area (TPSA) is 70.1 Å². The average molecular weight is 435 g/mol. The average Bonchev–Trinajstić information content (AvgIpc) is 3.01. The first-order valence-corrected chi connectivity index (χ1v) is 11.0. The Bertz CT molecular complexity index is 825. The van der Waals surface area contributed by atoms with Crippen LogP contribution in [0.5, 0.6) is 5.75 Å². The Labute approximate surface area is 180 Å². The molecule has 29 heavy (non-hydrogen) atoms. The number of carbonyl (C=O) groups excluding carboxylic acids is 2. The molecule has 0 saturated carbocycles. The van der Waals surface area contributed by atoms with E-state index in [2.05, 4.69) is 0 Å². The van der Waals surface area contributed by atoms with Gasteiger partial charge in [0.2, 0.25) is 5.91 Å². The molecule has 2 aliphatic heterocycles. The van der Waals surface area contributed by atoms with Crippen LogP contribution in [-0.4, -0.2) is 63.4 Å². The summed E-state index contributed by atoms with van der Waals surface area (Å²) in [6.45, 7) is 2.43. The molecular weight excluding hydrogens is 408 g/mol. The Balaban J connectivity index is 1.80. The molecule has 2 aliphatic rings. The van der Waals surface area contributed by atoms with E-state index in [1.54, 1.807) is 20.1 Å². The lowest BCUT2D eigenvalue weighted by Crippen LogP contribution is -2.53. The lowest BCUT2D eigenvalue weighted by molar-refractivity contribution is -0.142. The van der Waals surface area contributed by atoms with E-state index >= 15 is 0 Å². The smallest absolute Gasteiger partial charge is 0.266 e. The second kappa shape index (κ2) is 9.73. The number of carbonyl (C=O) groups is 2. The van der Waals surface area contributed by atoms with Crippen molar-refractivity contribution in [2.24, 2.45) is 0 Å². The van der Waals surface area contributed by atoms with Gasteiger partial charge in [0.1, 0.15) is 16.1 Å². The SMILES string of the molecule is COc1ccccc1/C=C1\SC(=S)N([C@H](C)C(=O)N2CCCC[C@H]2CCO)C1=O. The second-order valence-electron chi connectivity index (χ2n) is 7.16. The fraction of sp³-hybridized carbons (Fsp3) is 0.476. The Morgan fingerprint density at radius 2 is 2.17 bits per heavy atom. The number of thiocarbonyl (C=S) groups is 1. The van der Waals surface area contributed by atoms with E-state index in [4.69, 9.17) is 17.0 Å². The highest BCUT2D eigenvalue weighted by Gasteiger charge is 2.41. The number of ether oxygens (including phenoxy) is 1. The van der Waals surface area contributed by atoms with Crippen LogP contribution in [0.4, 0.5) is 0 Å². The van der Waals surface area contributed by atoms with E-state index in [1.807, 2.05) is 29.2 Å². The molecule has 2 fully saturated rings. The molecule has 0 spiro atoms. The predicted molar refractivity (Wildman–Crippen MR) is 119 cm³/mol. The molecule has 1 N–H and O–H groups in total. The molecule has 1 aromatic carbocycles. The number of hydrogen-bond donors (Lipinski definition) is 1. The van der Waals surface area contributed by atoms with Gasteiger partial charge in [0, 0.05) is 24.8 Å². The van der Waals surface area contributed by atoms with Crippen LogP contribution in [0.3, 0.4) is 0 Å². The zero-order valence-corrected chi connectivity index (χ0v) is 18.3. The maximum absolute atomic E-state index is 13.2. The predicted octanol–water partition coefficient (Wildman–Crippen LogP) is 3.05. The zero-order valence-electron chi connectivity index (χ0n) is 16.7. The van der Waals surface area contributed by atoms with Crippen molar-refractivity contribution in [2.45, 2.75) is 44.7 Å². The first kappa shape index (κ1) is 21.8. The third kappa shape index (κ3) is 4.65. The number of likely N-dealkylation sites (tertiary alicyclic amines) is 1. The van der Waals surface area contributed by atoms with Crippen molar-refractivity contribution in [3.63, 3.8) is 0 Å². The van der Waals surface area contributed by atoms with Crippen LogP contribution < -0.4 is 4.74 Å². The molecule has 156 valence electrons. The van der Waals surface area contributed by atoms with Gasteiger partial charge in [-0.05, 0) is 44.7 Å². The van der Waals surface area contributed by atoms with Crippen LogP contribution in [0, 0.1) is 0 Å². The number of methoxy groups -OCH3 is 1. The van der Waals surface area contributed by atoms with Crippen molar-refractivity contribution in [3.05, 3.63) is 34.7 Å². The minimum atomic E-state index is -0.676. The Morgan fingerprint density at radius 3 is 2.90 bits per heavy atom. The maximum atomic E-state index is 13.2. The maximum Gasteiger partial charge on any atom is 0.266 e. The van der Waals surface area contributed by atoms with E-state index in [0.717, 1.165) is 24.8 Å². The summed E-state index contributed by atoms with van der Waals surface area (Å²) in [6.07, 6.45) is 5.18. The number of aliphatic hydroxyl groups excluding tert-OH is 1. The molecule has 0 aliphatic carbocycles. The van der Waals surface area contributed by atoms with Gasteiger partial charge in [-0.1, -0.05) is 42.2 Å². The quantitative estimate of drug-likeness (QED) is 0.548. The summed E-state index contributed by atoms with van der Waals surface area (Å²) in [5.74, 6) is 0.294. The highest BCUT2D eigenvalue weighted by atomic mass is 32.2. The van der Waals surface area contributed by atoms with Crippen molar-refractivity contribution in [1.29, 1.82) is 0 Å². The van der Waals surface area contributed by atoms with Crippen LogP contribution >= 0.6 is 24.0 Å². The number of hydrogen-bond acceptors (Lipinski definition) is 6. The molecule has 8 heteroatoms. The molecule has 2 amide bonds. The van der Waals surface area contributed by atoms with Crippen molar-refractivity contribution < 1.29 is 19.4 Å². The fourth-order valence-electron chi connectivity index (χ4n) is 3.83. The number of benzene rings is 1. The van der Waals surface area contributed by atoms with Crippen LogP contribution in [0.1, 0.15) is 38.2 Å². The number of aliphatic hydroxyl groups is 1. The number of amides is 2. The van der Waals surface area contributed by atoms with Crippen LogP contribution in [0.25, 0.3) is 6.08 Å². The molecular formula is C21H26N2O4S2. The van der Waals surface area contributed by atoms with Gasteiger partial charge in [0.25, 0.3) is 5.91 Å². The van der Waals surface area contributed by atoms with Crippen molar-refractivity contribution in [1.82, 2.24) is 9.80 Å². The lowest BCUT2D eigenvalue weighted by Gasteiger charge is -2.38. The number of rotatable bonds is 6. The summed E-state index contributed by atoms with van der Waals surface area (Å²) in [4.78, 5) is 29.9. The van der Waals surface area contributed by atoms with E-state index in [-0.39, 0.29) is 24.5 Å². The molecule has 2 heterocycles. The van der Waals surface area contributed by atoms with E-state index in [9.17, 15) is 14.7 Å². The van der Waals surface area contributed by atoms with Gasteiger partial charge in [0.15, 0.2) is 0 Å². The minimum Gasteiger partial charge on any atom is -0.496 e. The van der Waals surface area contributed by atoms with Crippen molar-refractivity contribution in [3.8, 4) is 5.75 Å². The summed E-state index contributed by atoms with van der Waals surface area (Å²) in [7, 11) is 1.58. The van der Waals surface area contributed by atoms with Crippen molar-refractivity contribution >= 4 is 46.2 Å². The zero-order chi connectivity index (χ0) is 21.0.